The van der Waals surface area contributed by atoms with Gasteiger partial charge in [0.2, 0.25) is 0 Å². The zero-order valence-corrected chi connectivity index (χ0v) is 23.5. The normalized spacial score (nSPS) is 24.4. The molecule has 2 bridgehead atoms. The van der Waals surface area contributed by atoms with Crippen LogP contribution in [0, 0.1) is 29.3 Å². The molecule has 2 unspecified atom stereocenters. The summed E-state index contributed by atoms with van der Waals surface area (Å²) in [4.78, 5) is 12.5. The number of fused-ring (bicyclic) bond motifs is 2. The van der Waals surface area contributed by atoms with Crippen LogP contribution >= 0.6 is 11.6 Å². The van der Waals surface area contributed by atoms with Gasteiger partial charge < -0.3 is 24.6 Å². The second-order valence-corrected chi connectivity index (χ2v) is 12.9. The number of amides is 1. The third kappa shape index (κ3) is 6.17. The van der Waals surface area contributed by atoms with Crippen molar-refractivity contribution in [2.45, 2.75) is 47.5 Å². The van der Waals surface area contributed by atoms with Crippen molar-refractivity contribution in [2.75, 3.05) is 39.4 Å². The van der Waals surface area contributed by atoms with Crippen molar-refractivity contribution in [3.8, 4) is 0 Å². The van der Waals surface area contributed by atoms with Crippen molar-refractivity contribution in [3.63, 3.8) is 0 Å². The van der Waals surface area contributed by atoms with Crippen molar-refractivity contribution in [2.24, 2.45) is 11.8 Å². The molecule has 2 fully saturated rings. The van der Waals surface area contributed by atoms with E-state index in [2.05, 4.69) is 5.32 Å². The Morgan fingerprint density at radius 1 is 1.07 bits per heavy atom. The van der Waals surface area contributed by atoms with Crippen LogP contribution in [0.15, 0.2) is 35.2 Å². The van der Waals surface area contributed by atoms with Gasteiger partial charge in [-0.05, 0) is 55.7 Å². The molecule has 0 aliphatic heterocycles. The molecule has 0 spiro atoms. The van der Waals surface area contributed by atoms with Crippen molar-refractivity contribution < 1.29 is 45.7 Å². The van der Waals surface area contributed by atoms with Crippen LogP contribution in [0.4, 0.5) is 18.9 Å². The number of halogens is 4. The second kappa shape index (κ2) is 12.3. The lowest BCUT2D eigenvalue weighted by atomic mass is 9.75. The molecule has 0 aromatic heterocycles. The fourth-order valence-electron chi connectivity index (χ4n) is 5.74. The number of hydrogen-bond donors (Lipinski definition) is 2. The molecule has 1 amide bonds. The van der Waals surface area contributed by atoms with Gasteiger partial charge in [0.25, 0.3) is 5.91 Å². The minimum absolute atomic E-state index is 0.0213. The van der Waals surface area contributed by atoms with Gasteiger partial charge in [0, 0.05) is 37.6 Å². The number of hydrogen-bond acceptors (Lipinski definition) is 7. The SMILES string of the molecule is COCC(COC)OCC1(O)C2CCC1CC(S(=O)(=O)c1cc(C(=O)Nc3cc(F)c(F)c(F)c3)ccc1Cl)C2. The fraction of sp³-hybridized carbons (Fsp3) is 0.519. The lowest BCUT2D eigenvalue weighted by Crippen LogP contribution is -2.52. The number of sulfone groups is 1. The van der Waals surface area contributed by atoms with Gasteiger partial charge in [-0.15, -0.1) is 0 Å². The van der Waals surface area contributed by atoms with Crippen molar-refractivity contribution in [1.82, 2.24) is 0 Å². The smallest absolute Gasteiger partial charge is 0.255 e. The summed E-state index contributed by atoms with van der Waals surface area (Å²) in [5, 5.41) is 12.8. The average Bonchev–Trinajstić information content (AvgIpc) is 3.06. The number of carbonyl (C=O) groups is 1. The Morgan fingerprint density at radius 2 is 1.65 bits per heavy atom. The molecular formula is C27H31ClF3NO7S. The number of ether oxygens (including phenoxy) is 3. The highest BCUT2D eigenvalue weighted by Gasteiger charge is 2.56. The largest absolute Gasteiger partial charge is 0.387 e. The molecule has 2 aromatic carbocycles. The quantitative estimate of drug-likeness (QED) is 0.366. The maximum absolute atomic E-state index is 13.7. The molecule has 13 heteroatoms. The van der Waals surface area contributed by atoms with Crippen LogP contribution in [0.3, 0.4) is 0 Å². The van der Waals surface area contributed by atoms with Crippen LogP contribution in [0.2, 0.25) is 5.02 Å². The molecule has 8 nitrogen and oxygen atoms in total. The molecule has 2 aliphatic carbocycles. The van der Waals surface area contributed by atoms with Crippen LogP contribution in [-0.2, 0) is 24.0 Å². The van der Waals surface area contributed by atoms with E-state index in [-0.39, 0.29) is 71.8 Å². The Morgan fingerprint density at radius 3 is 2.20 bits per heavy atom. The van der Waals surface area contributed by atoms with Crippen LogP contribution in [0.25, 0.3) is 0 Å². The lowest BCUT2D eigenvalue weighted by molar-refractivity contribution is -0.145. The third-order valence-electron chi connectivity index (χ3n) is 7.81. The van der Waals surface area contributed by atoms with Crippen LogP contribution < -0.4 is 5.32 Å². The van der Waals surface area contributed by atoms with Crippen LogP contribution in [0.1, 0.15) is 36.0 Å². The second-order valence-electron chi connectivity index (χ2n) is 10.3. The molecule has 2 aromatic rings. The number of aliphatic hydroxyl groups is 1. The summed E-state index contributed by atoms with van der Waals surface area (Å²) >= 11 is 6.27. The van der Waals surface area contributed by atoms with Gasteiger partial charge in [-0.1, -0.05) is 11.6 Å². The first kappa shape index (κ1) is 30.7. The molecule has 2 aliphatic rings. The average molecular weight is 606 g/mol. The Bertz CT molecular complexity index is 1320. The van der Waals surface area contributed by atoms with Gasteiger partial charge in [0.05, 0.1) is 40.6 Å². The Hall–Kier alpha value is -2.22. The molecule has 220 valence electrons. The molecule has 40 heavy (non-hydrogen) atoms. The zero-order valence-electron chi connectivity index (χ0n) is 22.0. The highest BCUT2D eigenvalue weighted by atomic mass is 35.5. The molecule has 0 saturated heterocycles. The molecule has 0 radical (unpaired) electrons. The van der Waals surface area contributed by atoms with E-state index in [9.17, 15) is 31.5 Å². The monoisotopic (exact) mass is 605 g/mol. The van der Waals surface area contributed by atoms with Gasteiger partial charge in [0.15, 0.2) is 27.3 Å². The number of nitrogens with one attached hydrogen (secondary N) is 1. The first-order valence-corrected chi connectivity index (χ1v) is 14.6. The number of methoxy groups -OCH3 is 2. The van der Waals surface area contributed by atoms with E-state index in [4.69, 9.17) is 25.8 Å². The van der Waals surface area contributed by atoms with E-state index in [1.165, 1.54) is 26.4 Å². The summed E-state index contributed by atoms with van der Waals surface area (Å²) in [7, 11) is -0.970. The zero-order chi connectivity index (χ0) is 29.2. The van der Waals surface area contributed by atoms with E-state index in [0.29, 0.717) is 25.0 Å². The summed E-state index contributed by atoms with van der Waals surface area (Å²) in [5.74, 6) is -6.17. The van der Waals surface area contributed by atoms with Crippen molar-refractivity contribution >= 4 is 33.0 Å². The van der Waals surface area contributed by atoms with E-state index in [1.807, 2.05) is 0 Å². The molecule has 4 rings (SSSR count). The lowest BCUT2D eigenvalue weighted by Gasteiger charge is -2.42. The summed E-state index contributed by atoms with van der Waals surface area (Å²) in [6, 6.07) is 4.85. The maximum Gasteiger partial charge on any atom is 0.255 e. The van der Waals surface area contributed by atoms with Gasteiger partial charge in [-0.2, -0.15) is 0 Å². The first-order valence-electron chi connectivity index (χ1n) is 12.7. The minimum atomic E-state index is -4.04. The number of carbonyl (C=O) groups excluding carboxylic acids is 1. The topological polar surface area (TPSA) is 111 Å². The summed E-state index contributed by atoms with van der Waals surface area (Å²) in [5.41, 5.74) is -1.67. The van der Waals surface area contributed by atoms with E-state index >= 15 is 0 Å². The van der Waals surface area contributed by atoms with Crippen LogP contribution in [-0.4, -0.2) is 70.4 Å². The predicted molar refractivity (Wildman–Crippen MR) is 141 cm³/mol. The van der Waals surface area contributed by atoms with Crippen molar-refractivity contribution in [3.05, 3.63) is 58.4 Å². The highest BCUT2D eigenvalue weighted by molar-refractivity contribution is 7.92. The first-order chi connectivity index (χ1) is 18.9. The maximum atomic E-state index is 13.7. The van der Waals surface area contributed by atoms with Gasteiger partial charge in [0.1, 0.15) is 6.10 Å². The molecule has 0 heterocycles. The van der Waals surface area contributed by atoms with Gasteiger partial charge >= 0.3 is 0 Å². The number of rotatable bonds is 11. The number of benzene rings is 2. The fourth-order valence-corrected chi connectivity index (χ4v) is 8.14. The van der Waals surface area contributed by atoms with E-state index < -0.39 is 44.0 Å². The molecular weight excluding hydrogens is 575 g/mol. The van der Waals surface area contributed by atoms with Crippen LogP contribution in [0.5, 0.6) is 0 Å². The minimum Gasteiger partial charge on any atom is -0.387 e. The standard InChI is InChI=1S/C27H31ClF3NO7S/c1-37-12-19(13-38-2)39-14-27(34)16-4-5-17(27)9-20(8-16)40(35,36)24-7-15(3-6-21(24)28)26(33)32-18-10-22(29)25(31)23(30)11-18/h3,6-7,10-11,16-17,19-20,34H,4-5,8-9,12-14H2,1-2H3,(H,32,33). The van der Waals surface area contributed by atoms with Gasteiger partial charge in [-0.3, -0.25) is 4.79 Å². The molecule has 2 N–H and O–H groups in total. The highest BCUT2D eigenvalue weighted by Crippen LogP contribution is 2.52. The summed E-state index contributed by atoms with van der Waals surface area (Å²) in [6.45, 7) is 0.584. The van der Waals surface area contributed by atoms with Crippen molar-refractivity contribution in [1.29, 1.82) is 0 Å². The Kier molecular flexibility index (Phi) is 9.48. The third-order valence-corrected chi connectivity index (χ3v) is 10.5. The van der Waals surface area contributed by atoms with E-state index in [0.717, 1.165) is 6.07 Å². The van der Waals surface area contributed by atoms with E-state index in [1.54, 1.807) is 0 Å². The molecule has 2 atom stereocenters. The summed E-state index contributed by atoms with van der Waals surface area (Å²) in [6.07, 6.45) is 1.25. The predicted octanol–water partition coefficient (Wildman–Crippen LogP) is 4.38. The summed E-state index contributed by atoms with van der Waals surface area (Å²) < 4.78 is 84.0. The molecule has 2 saturated carbocycles. The van der Waals surface area contributed by atoms with Gasteiger partial charge in [-0.25, -0.2) is 21.6 Å². The Balaban J connectivity index is 1.51. The number of anilines is 1. The Labute approximate surface area is 235 Å².